The summed E-state index contributed by atoms with van der Waals surface area (Å²) in [6, 6.07) is 12.0. The highest BCUT2D eigenvalue weighted by Gasteiger charge is 2.36. The van der Waals surface area contributed by atoms with Crippen molar-refractivity contribution < 1.29 is 17.9 Å². The minimum atomic E-state index is -3.66. The van der Waals surface area contributed by atoms with Crippen LogP contribution in [-0.4, -0.2) is 6.61 Å². The van der Waals surface area contributed by atoms with Crippen LogP contribution < -0.4 is 0 Å². The molecule has 1 fully saturated rings. The Balaban J connectivity index is 1.51. The van der Waals surface area contributed by atoms with E-state index in [-0.39, 0.29) is 12.5 Å². The summed E-state index contributed by atoms with van der Waals surface area (Å²) in [6.45, 7) is 5.60. The molecule has 1 aliphatic rings. The van der Waals surface area contributed by atoms with Crippen molar-refractivity contribution in [2.24, 2.45) is 5.92 Å². The van der Waals surface area contributed by atoms with E-state index in [4.69, 9.17) is 4.74 Å². The predicted octanol–water partition coefficient (Wildman–Crippen LogP) is 8.88. The van der Waals surface area contributed by atoms with Crippen LogP contribution in [0.25, 0.3) is 0 Å². The molecule has 0 aromatic heterocycles. The second-order valence-corrected chi connectivity index (χ2v) is 9.36. The minimum Gasteiger partial charge on any atom is -0.316 e. The Hall–Kier alpha value is -2.33. The molecule has 1 nitrogen and oxygen atoms in total. The Labute approximate surface area is 202 Å². The lowest BCUT2D eigenvalue weighted by molar-refractivity contribution is -0.249. The zero-order valence-corrected chi connectivity index (χ0v) is 20.2. The summed E-state index contributed by atoms with van der Waals surface area (Å²) in [4.78, 5) is 0. The summed E-state index contributed by atoms with van der Waals surface area (Å²) < 4.78 is 48.8. The number of aryl methyl sites for hydroxylation is 1. The van der Waals surface area contributed by atoms with E-state index in [9.17, 15) is 13.2 Å². The van der Waals surface area contributed by atoms with Crippen LogP contribution in [0.4, 0.5) is 13.2 Å². The maximum atomic E-state index is 14.7. The van der Waals surface area contributed by atoms with Gasteiger partial charge in [-0.05, 0) is 105 Å². The maximum Gasteiger partial charge on any atom is 0.386 e. The molecule has 3 rings (SSSR count). The fraction of sp³-hybridized carbons (Fsp3) is 0.467. The van der Waals surface area contributed by atoms with Gasteiger partial charge in [0, 0.05) is 0 Å². The molecule has 1 saturated carbocycles. The summed E-state index contributed by atoms with van der Waals surface area (Å²) in [5.41, 5.74) is 2.26. The SMILES string of the molecule is C=CCCC1CCC(c2ccc(C(F)(F)OCCc3ccc(CCC=CC)cc3)c(F)c2)CC1. The third kappa shape index (κ3) is 7.59. The van der Waals surface area contributed by atoms with Crippen LogP contribution in [-0.2, 0) is 23.7 Å². The molecule has 0 unspecified atom stereocenters. The van der Waals surface area contributed by atoms with Crippen molar-refractivity contribution in [2.75, 3.05) is 6.61 Å². The van der Waals surface area contributed by atoms with Crippen LogP contribution in [0.5, 0.6) is 0 Å². The van der Waals surface area contributed by atoms with Gasteiger partial charge >= 0.3 is 6.11 Å². The quantitative estimate of drug-likeness (QED) is 0.281. The molecule has 1 aliphatic carbocycles. The summed E-state index contributed by atoms with van der Waals surface area (Å²) in [5.74, 6) is 0.0336. The molecule has 0 amide bonds. The molecule has 0 atom stereocenters. The first-order chi connectivity index (χ1) is 16.4. The Morgan fingerprint density at radius 1 is 0.971 bits per heavy atom. The number of allylic oxidation sites excluding steroid dienone is 3. The van der Waals surface area contributed by atoms with Crippen molar-refractivity contribution in [1.82, 2.24) is 0 Å². The lowest BCUT2D eigenvalue weighted by Gasteiger charge is -2.29. The fourth-order valence-electron chi connectivity index (χ4n) is 4.82. The Kier molecular flexibility index (Phi) is 10.0. The summed E-state index contributed by atoms with van der Waals surface area (Å²) in [7, 11) is 0. The van der Waals surface area contributed by atoms with Gasteiger partial charge in [0.1, 0.15) is 5.82 Å². The highest BCUT2D eigenvalue weighted by molar-refractivity contribution is 5.29. The number of hydrogen-bond acceptors (Lipinski definition) is 1. The highest BCUT2D eigenvalue weighted by atomic mass is 19.3. The summed E-state index contributed by atoms with van der Waals surface area (Å²) in [6.07, 6.45) is 11.0. The zero-order chi connectivity index (χ0) is 24.4. The first-order valence-electron chi connectivity index (χ1n) is 12.5. The number of hydrogen-bond donors (Lipinski definition) is 0. The van der Waals surface area contributed by atoms with Gasteiger partial charge in [0.2, 0.25) is 0 Å². The summed E-state index contributed by atoms with van der Waals surface area (Å²) >= 11 is 0. The van der Waals surface area contributed by atoms with E-state index in [0.29, 0.717) is 12.3 Å². The second-order valence-electron chi connectivity index (χ2n) is 9.36. The molecule has 0 bridgehead atoms. The predicted molar refractivity (Wildman–Crippen MR) is 134 cm³/mol. The van der Waals surface area contributed by atoms with E-state index in [1.165, 1.54) is 17.7 Å². The molecule has 2 aromatic rings. The lowest BCUT2D eigenvalue weighted by atomic mass is 9.77. The Morgan fingerprint density at radius 3 is 2.26 bits per heavy atom. The van der Waals surface area contributed by atoms with E-state index < -0.39 is 17.5 Å². The van der Waals surface area contributed by atoms with Gasteiger partial charge in [-0.3, -0.25) is 0 Å². The van der Waals surface area contributed by atoms with Gasteiger partial charge in [-0.15, -0.1) is 6.58 Å². The molecular formula is C30H37F3O. The number of alkyl halides is 2. The third-order valence-electron chi connectivity index (χ3n) is 6.94. The van der Waals surface area contributed by atoms with Gasteiger partial charge in [-0.2, -0.15) is 8.78 Å². The van der Waals surface area contributed by atoms with Crippen molar-refractivity contribution in [2.45, 2.75) is 76.7 Å². The maximum absolute atomic E-state index is 14.7. The van der Waals surface area contributed by atoms with Gasteiger partial charge in [0.25, 0.3) is 0 Å². The standard InChI is InChI=1S/C30H37F3O/c1-3-5-7-9-24-10-12-25(13-11-24)20-21-34-30(32,33)28-19-18-27(22-29(28)31)26-16-14-23(15-17-26)8-6-4-2/h3-5,10-13,18-19,22-23,26H,2,6-9,14-17,20-21H2,1H3. The molecule has 0 aliphatic heterocycles. The highest BCUT2D eigenvalue weighted by Crippen LogP contribution is 2.39. The number of ether oxygens (including phenoxy) is 1. The molecular weight excluding hydrogens is 433 g/mol. The number of benzene rings is 2. The first-order valence-corrected chi connectivity index (χ1v) is 12.5. The molecule has 2 aromatic carbocycles. The number of rotatable bonds is 12. The van der Waals surface area contributed by atoms with Crippen LogP contribution in [0.2, 0.25) is 0 Å². The van der Waals surface area contributed by atoms with Crippen molar-refractivity contribution >= 4 is 0 Å². The molecule has 34 heavy (non-hydrogen) atoms. The second kappa shape index (κ2) is 12.9. The van der Waals surface area contributed by atoms with Crippen molar-refractivity contribution in [1.29, 1.82) is 0 Å². The van der Waals surface area contributed by atoms with Crippen molar-refractivity contribution in [3.63, 3.8) is 0 Å². The molecule has 0 saturated heterocycles. The largest absolute Gasteiger partial charge is 0.386 e. The molecule has 0 N–H and O–H groups in total. The topological polar surface area (TPSA) is 9.23 Å². The Morgan fingerprint density at radius 2 is 1.65 bits per heavy atom. The zero-order valence-electron chi connectivity index (χ0n) is 20.2. The smallest absolute Gasteiger partial charge is 0.316 e. The molecule has 0 spiro atoms. The molecule has 4 heteroatoms. The van der Waals surface area contributed by atoms with E-state index in [0.717, 1.165) is 62.5 Å². The van der Waals surface area contributed by atoms with Gasteiger partial charge in [0.15, 0.2) is 0 Å². The van der Waals surface area contributed by atoms with E-state index in [1.807, 2.05) is 43.3 Å². The van der Waals surface area contributed by atoms with Crippen LogP contribution in [0.15, 0.2) is 67.3 Å². The Bertz CT molecular complexity index is 925. The van der Waals surface area contributed by atoms with Gasteiger partial charge in [-0.25, -0.2) is 4.39 Å². The first kappa shape index (κ1) is 26.3. The molecule has 0 radical (unpaired) electrons. The van der Waals surface area contributed by atoms with Gasteiger partial charge in [0.05, 0.1) is 12.2 Å². The van der Waals surface area contributed by atoms with Crippen molar-refractivity contribution in [3.05, 3.63) is 95.3 Å². The average Bonchev–Trinajstić information content (AvgIpc) is 2.84. The van der Waals surface area contributed by atoms with Crippen LogP contribution in [0, 0.1) is 11.7 Å². The van der Waals surface area contributed by atoms with Crippen molar-refractivity contribution in [3.8, 4) is 0 Å². The monoisotopic (exact) mass is 470 g/mol. The number of halogens is 3. The van der Waals surface area contributed by atoms with E-state index in [1.54, 1.807) is 6.07 Å². The lowest BCUT2D eigenvalue weighted by Crippen LogP contribution is -2.22. The minimum absolute atomic E-state index is 0.180. The average molecular weight is 471 g/mol. The fourth-order valence-corrected chi connectivity index (χ4v) is 4.82. The van der Waals surface area contributed by atoms with Gasteiger partial charge < -0.3 is 4.74 Å². The molecule has 184 valence electrons. The molecule has 0 heterocycles. The van der Waals surface area contributed by atoms with Crippen LogP contribution >= 0.6 is 0 Å². The summed E-state index contributed by atoms with van der Waals surface area (Å²) in [5, 5.41) is 0. The van der Waals surface area contributed by atoms with E-state index in [2.05, 4.69) is 12.7 Å². The van der Waals surface area contributed by atoms with Crippen LogP contribution in [0.1, 0.15) is 80.0 Å². The van der Waals surface area contributed by atoms with Gasteiger partial charge in [-0.1, -0.05) is 48.6 Å². The van der Waals surface area contributed by atoms with Crippen LogP contribution in [0.3, 0.4) is 0 Å². The van der Waals surface area contributed by atoms with E-state index >= 15 is 0 Å². The normalized spacial score (nSPS) is 18.9. The third-order valence-corrected chi connectivity index (χ3v) is 6.94.